The van der Waals surface area contributed by atoms with E-state index in [1.807, 2.05) is 25.5 Å². The second-order valence-electron chi connectivity index (χ2n) is 4.27. The highest BCUT2D eigenvalue weighted by Crippen LogP contribution is 2.33. The fourth-order valence-corrected chi connectivity index (χ4v) is 2.22. The zero-order chi connectivity index (χ0) is 13.1. The Bertz CT molecular complexity index is 367. The zero-order valence-corrected chi connectivity index (χ0v) is 11.8. The molecule has 0 saturated carbocycles. The Kier molecular flexibility index (Phi) is 4.98. The summed E-state index contributed by atoms with van der Waals surface area (Å²) in [5.74, 6) is 0. The van der Waals surface area contributed by atoms with E-state index in [2.05, 4.69) is 12.0 Å². The van der Waals surface area contributed by atoms with Crippen LogP contribution in [0.1, 0.15) is 45.9 Å². The Morgan fingerprint density at radius 3 is 2.65 bits per heavy atom. The maximum atomic E-state index is 6.32. The molecule has 2 N–H and O–H groups in total. The molecular formula is C12H22ClN3O. The van der Waals surface area contributed by atoms with E-state index < -0.39 is 5.60 Å². The lowest BCUT2D eigenvalue weighted by molar-refractivity contribution is -0.0489. The molecule has 17 heavy (non-hydrogen) atoms. The minimum Gasteiger partial charge on any atom is -0.374 e. The average Bonchev–Trinajstić information content (AvgIpc) is 2.69. The van der Waals surface area contributed by atoms with E-state index in [1.54, 1.807) is 6.20 Å². The van der Waals surface area contributed by atoms with Crippen LogP contribution in [0.2, 0.25) is 5.02 Å². The lowest BCUT2D eigenvalue weighted by Crippen LogP contribution is -2.41. The van der Waals surface area contributed by atoms with Crippen molar-refractivity contribution >= 4 is 11.6 Å². The molecule has 2 atom stereocenters. The number of aryl methyl sites for hydroxylation is 1. The first-order chi connectivity index (χ1) is 8.00. The summed E-state index contributed by atoms with van der Waals surface area (Å²) in [6.45, 7) is 9.46. The Morgan fingerprint density at radius 1 is 1.53 bits per heavy atom. The van der Waals surface area contributed by atoms with Gasteiger partial charge in [0, 0.05) is 13.2 Å². The largest absolute Gasteiger partial charge is 0.374 e. The first-order valence-electron chi connectivity index (χ1n) is 6.10. The molecule has 5 heteroatoms. The minimum absolute atomic E-state index is 0.276. The standard InChI is InChI=1S/C12H22ClN3O/c1-5-12(4,17-7-3)11(14)10-9(13)8-15-16(10)6-2/h8,11H,5-7,14H2,1-4H3. The molecule has 0 aliphatic rings. The summed E-state index contributed by atoms with van der Waals surface area (Å²) in [7, 11) is 0. The van der Waals surface area contributed by atoms with Gasteiger partial charge < -0.3 is 10.5 Å². The fraction of sp³-hybridized carbons (Fsp3) is 0.750. The van der Waals surface area contributed by atoms with Crippen molar-refractivity contribution in [3.63, 3.8) is 0 Å². The van der Waals surface area contributed by atoms with Crippen LogP contribution in [0.3, 0.4) is 0 Å². The van der Waals surface area contributed by atoms with Gasteiger partial charge in [-0.05, 0) is 27.2 Å². The van der Waals surface area contributed by atoms with Gasteiger partial charge in [0.1, 0.15) is 0 Å². The van der Waals surface area contributed by atoms with Crippen LogP contribution in [-0.4, -0.2) is 22.0 Å². The quantitative estimate of drug-likeness (QED) is 0.855. The molecule has 0 fully saturated rings. The zero-order valence-electron chi connectivity index (χ0n) is 11.0. The summed E-state index contributed by atoms with van der Waals surface area (Å²) in [4.78, 5) is 0. The summed E-state index contributed by atoms with van der Waals surface area (Å²) in [5.41, 5.74) is 6.76. The minimum atomic E-state index is -0.411. The van der Waals surface area contributed by atoms with Crippen molar-refractivity contribution in [3.8, 4) is 0 Å². The van der Waals surface area contributed by atoms with Gasteiger partial charge in [-0.2, -0.15) is 5.10 Å². The maximum absolute atomic E-state index is 6.32. The van der Waals surface area contributed by atoms with Gasteiger partial charge in [-0.3, -0.25) is 4.68 Å². The number of hydrogen-bond donors (Lipinski definition) is 1. The molecule has 1 aromatic heterocycles. The predicted molar refractivity (Wildman–Crippen MR) is 70.2 cm³/mol. The highest BCUT2D eigenvalue weighted by molar-refractivity contribution is 6.31. The third-order valence-electron chi connectivity index (χ3n) is 3.26. The molecular weight excluding hydrogens is 238 g/mol. The number of aromatic nitrogens is 2. The van der Waals surface area contributed by atoms with Crippen LogP contribution >= 0.6 is 11.6 Å². The molecule has 1 rings (SSSR count). The third kappa shape index (κ3) is 2.81. The summed E-state index contributed by atoms with van der Waals surface area (Å²) in [6.07, 6.45) is 2.47. The molecule has 0 bridgehead atoms. The Morgan fingerprint density at radius 2 is 2.18 bits per heavy atom. The van der Waals surface area contributed by atoms with Crippen molar-refractivity contribution < 1.29 is 4.74 Å². The fourth-order valence-electron chi connectivity index (χ4n) is 1.96. The molecule has 4 nitrogen and oxygen atoms in total. The Hall–Kier alpha value is -0.580. The molecule has 0 radical (unpaired) electrons. The number of ether oxygens (including phenoxy) is 1. The van der Waals surface area contributed by atoms with Crippen LogP contribution in [0, 0.1) is 0 Å². The van der Waals surface area contributed by atoms with Gasteiger partial charge in [-0.25, -0.2) is 0 Å². The molecule has 0 aliphatic carbocycles. The maximum Gasteiger partial charge on any atom is 0.0859 e. The van der Waals surface area contributed by atoms with E-state index in [1.165, 1.54) is 0 Å². The molecule has 0 amide bonds. The van der Waals surface area contributed by atoms with Crippen LogP contribution in [0.4, 0.5) is 0 Å². The van der Waals surface area contributed by atoms with Crippen LogP contribution < -0.4 is 5.73 Å². The second-order valence-corrected chi connectivity index (χ2v) is 4.68. The highest BCUT2D eigenvalue weighted by atomic mass is 35.5. The van der Waals surface area contributed by atoms with Crippen LogP contribution in [0.5, 0.6) is 0 Å². The van der Waals surface area contributed by atoms with Crippen molar-refractivity contribution in [2.75, 3.05) is 6.61 Å². The van der Waals surface area contributed by atoms with Crippen molar-refractivity contribution in [1.82, 2.24) is 9.78 Å². The summed E-state index contributed by atoms with van der Waals surface area (Å²) >= 11 is 6.16. The normalized spacial score (nSPS) is 16.8. The molecule has 0 saturated heterocycles. The molecule has 1 heterocycles. The molecule has 2 unspecified atom stereocenters. The van der Waals surface area contributed by atoms with E-state index in [0.29, 0.717) is 11.6 Å². The van der Waals surface area contributed by atoms with Crippen LogP contribution in [0.15, 0.2) is 6.20 Å². The average molecular weight is 260 g/mol. The van der Waals surface area contributed by atoms with E-state index in [0.717, 1.165) is 18.7 Å². The van der Waals surface area contributed by atoms with Gasteiger partial charge in [-0.15, -0.1) is 0 Å². The molecule has 0 aromatic carbocycles. The Balaban J connectivity index is 3.08. The molecule has 0 aliphatic heterocycles. The van der Waals surface area contributed by atoms with Crippen molar-refractivity contribution in [3.05, 3.63) is 16.9 Å². The lowest BCUT2D eigenvalue weighted by Gasteiger charge is -2.34. The first-order valence-corrected chi connectivity index (χ1v) is 6.48. The van der Waals surface area contributed by atoms with E-state index in [-0.39, 0.29) is 6.04 Å². The number of rotatable bonds is 6. The van der Waals surface area contributed by atoms with Crippen molar-refractivity contribution in [2.24, 2.45) is 5.73 Å². The lowest BCUT2D eigenvalue weighted by atomic mass is 9.91. The van der Waals surface area contributed by atoms with E-state index in [9.17, 15) is 0 Å². The summed E-state index contributed by atoms with van der Waals surface area (Å²) in [6, 6.07) is -0.276. The van der Waals surface area contributed by atoms with Gasteiger partial charge in [0.2, 0.25) is 0 Å². The number of hydrogen-bond acceptors (Lipinski definition) is 3. The predicted octanol–water partition coefficient (Wildman–Crippen LogP) is 2.76. The van der Waals surface area contributed by atoms with Gasteiger partial charge in [0.05, 0.1) is 28.6 Å². The van der Waals surface area contributed by atoms with Gasteiger partial charge in [0.15, 0.2) is 0 Å². The third-order valence-corrected chi connectivity index (χ3v) is 3.55. The summed E-state index contributed by atoms with van der Waals surface area (Å²) in [5, 5.41) is 4.82. The van der Waals surface area contributed by atoms with Crippen molar-refractivity contribution in [1.29, 1.82) is 0 Å². The summed E-state index contributed by atoms with van der Waals surface area (Å²) < 4.78 is 7.63. The van der Waals surface area contributed by atoms with Crippen LogP contribution in [-0.2, 0) is 11.3 Å². The van der Waals surface area contributed by atoms with E-state index in [4.69, 9.17) is 22.1 Å². The first kappa shape index (κ1) is 14.5. The van der Waals surface area contributed by atoms with Crippen molar-refractivity contribution in [2.45, 2.75) is 52.3 Å². The molecule has 0 spiro atoms. The monoisotopic (exact) mass is 259 g/mol. The number of halogens is 1. The SMILES string of the molecule is CCOC(C)(CC)C(N)c1c(Cl)cnn1CC. The molecule has 1 aromatic rings. The number of nitrogens with zero attached hydrogens (tertiary/aromatic N) is 2. The topological polar surface area (TPSA) is 53.1 Å². The van der Waals surface area contributed by atoms with Gasteiger partial charge in [0.25, 0.3) is 0 Å². The Labute approximate surface area is 108 Å². The van der Waals surface area contributed by atoms with Gasteiger partial charge in [-0.1, -0.05) is 18.5 Å². The van der Waals surface area contributed by atoms with E-state index >= 15 is 0 Å². The number of nitrogens with two attached hydrogens (primary N) is 1. The highest BCUT2D eigenvalue weighted by Gasteiger charge is 2.35. The van der Waals surface area contributed by atoms with Crippen LogP contribution in [0.25, 0.3) is 0 Å². The van der Waals surface area contributed by atoms with Gasteiger partial charge >= 0.3 is 0 Å². The molecule has 98 valence electrons. The smallest absolute Gasteiger partial charge is 0.0859 e. The second kappa shape index (κ2) is 5.85.